The molecular weight excluding hydrogens is 134 g/mol. The number of hydrogen-bond acceptors (Lipinski definition) is 1. The molecule has 0 aromatic rings. The Hall–Kier alpha value is -0.480. The quantitative estimate of drug-likeness (QED) is 0.595. The van der Waals surface area contributed by atoms with Crippen LogP contribution in [0.1, 0.15) is 39.0 Å². The molecule has 0 heterocycles. The summed E-state index contributed by atoms with van der Waals surface area (Å²) in [6.45, 7) is 2.05. The summed E-state index contributed by atoms with van der Waals surface area (Å²) in [6.07, 6.45) is 12.0. The molecule has 1 saturated carbocycles. The summed E-state index contributed by atoms with van der Waals surface area (Å²) in [5.74, 6) is 2.70. The van der Waals surface area contributed by atoms with Crippen molar-refractivity contribution in [2.45, 2.75) is 51.1 Å². The summed E-state index contributed by atoms with van der Waals surface area (Å²) < 4.78 is 0. The fourth-order valence-corrected chi connectivity index (χ4v) is 1.67. The van der Waals surface area contributed by atoms with E-state index in [1.165, 1.54) is 32.1 Å². The minimum Gasteiger partial charge on any atom is -0.301 e. The molecule has 0 spiro atoms. The maximum Gasteiger partial charge on any atom is 0.0660 e. The third kappa shape index (κ3) is 2.95. The number of hydrogen-bond donors (Lipinski definition) is 1. The van der Waals surface area contributed by atoms with Crippen molar-refractivity contribution in [1.29, 1.82) is 0 Å². The van der Waals surface area contributed by atoms with E-state index < -0.39 is 0 Å². The van der Waals surface area contributed by atoms with Gasteiger partial charge in [-0.15, -0.1) is 6.42 Å². The lowest BCUT2D eigenvalue weighted by atomic mass is 9.95. The molecule has 0 aromatic heterocycles. The zero-order valence-electron chi connectivity index (χ0n) is 7.27. The van der Waals surface area contributed by atoms with Crippen LogP contribution >= 0.6 is 0 Å². The van der Waals surface area contributed by atoms with Crippen LogP contribution in [-0.4, -0.2) is 12.1 Å². The zero-order chi connectivity index (χ0) is 8.10. The lowest BCUT2D eigenvalue weighted by molar-refractivity contribution is 0.364. The molecule has 1 aliphatic carbocycles. The predicted molar refractivity (Wildman–Crippen MR) is 48.3 cm³/mol. The highest BCUT2D eigenvalue weighted by atomic mass is 14.9. The van der Waals surface area contributed by atoms with Crippen LogP contribution in [0.4, 0.5) is 0 Å². The first kappa shape index (κ1) is 8.62. The molecule has 0 aliphatic heterocycles. The summed E-state index contributed by atoms with van der Waals surface area (Å²) in [4.78, 5) is 0. The summed E-state index contributed by atoms with van der Waals surface area (Å²) in [6, 6.07) is 0.938. The third-order valence-corrected chi connectivity index (χ3v) is 2.34. The number of terminal acetylenes is 1. The van der Waals surface area contributed by atoms with Crippen molar-refractivity contribution in [1.82, 2.24) is 5.32 Å². The van der Waals surface area contributed by atoms with Crippen LogP contribution in [0.25, 0.3) is 0 Å². The van der Waals surface area contributed by atoms with Gasteiger partial charge in [-0.3, -0.25) is 0 Å². The van der Waals surface area contributed by atoms with Crippen LogP contribution < -0.4 is 5.32 Å². The van der Waals surface area contributed by atoms with Gasteiger partial charge in [-0.2, -0.15) is 0 Å². The molecule has 1 unspecified atom stereocenters. The van der Waals surface area contributed by atoms with Gasteiger partial charge >= 0.3 is 0 Å². The van der Waals surface area contributed by atoms with Gasteiger partial charge in [0, 0.05) is 6.04 Å². The Labute approximate surface area is 69.6 Å². The van der Waals surface area contributed by atoms with Gasteiger partial charge in [-0.25, -0.2) is 0 Å². The second-order valence-corrected chi connectivity index (χ2v) is 3.39. The Morgan fingerprint density at radius 2 is 2.00 bits per heavy atom. The average Bonchev–Trinajstić information content (AvgIpc) is 2.06. The summed E-state index contributed by atoms with van der Waals surface area (Å²) in [5, 5.41) is 3.43. The molecule has 0 aromatic carbocycles. The van der Waals surface area contributed by atoms with Gasteiger partial charge in [0.2, 0.25) is 0 Å². The SMILES string of the molecule is C#CC(C)NC1CCCCC1. The Balaban J connectivity index is 2.20. The fourth-order valence-electron chi connectivity index (χ4n) is 1.67. The molecule has 1 rings (SSSR count). The molecule has 0 saturated heterocycles. The molecule has 1 atom stereocenters. The molecule has 11 heavy (non-hydrogen) atoms. The maximum absolute atomic E-state index is 5.28. The Kier molecular flexibility index (Phi) is 3.45. The van der Waals surface area contributed by atoms with Gasteiger partial charge in [0.15, 0.2) is 0 Å². The van der Waals surface area contributed by atoms with Crippen LogP contribution in [0.2, 0.25) is 0 Å². The minimum atomic E-state index is 0.248. The zero-order valence-corrected chi connectivity index (χ0v) is 7.27. The van der Waals surface area contributed by atoms with E-state index in [2.05, 4.69) is 18.2 Å². The highest BCUT2D eigenvalue weighted by molar-refractivity contribution is 4.97. The molecule has 0 bridgehead atoms. The smallest absolute Gasteiger partial charge is 0.0660 e. The maximum atomic E-state index is 5.28. The molecular formula is C10H17N. The summed E-state index contributed by atoms with van der Waals surface area (Å²) in [7, 11) is 0. The fraction of sp³-hybridized carbons (Fsp3) is 0.800. The molecule has 1 nitrogen and oxygen atoms in total. The van der Waals surface area contributed by atoms with Gasteiger partial charge in [0.05, 0.1) is 6.04 Å². The van der Waals surface area contributed by atoms with Gasteiger partial charge in [-0.05, 0) is 19.8 Å². The van der Waals surface area contributed by atoms with Crippen molar-refractivity contribution in [3.63, 3.8) is 0 Å². The molecule has 1 heteroatoms. The van der Waals surface area contributed by atoms with Crippen LogP contribution in [0.15, 0.2) is 0 Å². The highest BCUT2D eigenvalue weighted by Crippen LogP contribution is 2.17. The van der Waals surface area contributed by atoms with Gasteiger partial charge in [0.25, 0.3) is 0 Å². The van der Waals surface area contributed by atoms with E-state index in [0.29, 0.717) is 6.04 Å². The molecule has 0 radical (unpaired) electrons. The molecule has 1 fully saturated rings. The van der Waals surface area contributed by atoms with Crippen molar-refractivity contribution in [3.8, 4) is 12.3 Å². The first-order valence-corrected chi connectivity index (χ1v) is 4.55. The topological polar surface area (TPSA) is 12.0 Å². The minimum absolute atomic E-state index is 0.248. The van der Waals surface area contributed by atoms with Crippen LogP contribution in [-0.2, 0) is 0 Å². The van der Waals surface area contributed by atoms with Crippen molar-refractivity contribution in [3.05, 3.63) is 0 Å². The lowest BCUT2D eigenvalue weighted by Gasteiger charge is -2.24. The van der Waals surface area contributed by atoms with E-state index in [0.717, 1.165) is 0 Å². The second-order valence-electron chi connectivity index (χ2n) is 3.39. The molecule has 0 amide bonds. The monoisotopic (exact) mass is 151 g/mol. The summed E-state index contributed by atoms with van der Waals surface area (Å²) >= 11 is 0. The highest BCUT2D eigenvalue weighted by Gasteiger charge is 2.13. The van der Waals surface area contributed by atoms with Crippen LogP contribution in [0.3, 0.4) is 0 Å². The van der Waals surface area contributed by atoms with Gasteiger partial charge in [-0.1, -0.05) is 25.2 Å². The van der Waals surface area contributed by atoms with Crippen molar-refractivity contribution < 1.29 is 0 Å². The summed E-state index contributed by atoms with van der Waals surface area (Å²) in [5.41, 5.74) is 0. The van der Waals surface area contributed by atoms with E-state index in [-0.39, 0.29) is 6.04 Å². The Bertz CT molecular complexity index is 139. The molecule has 62 valence electrons. The first-order valence-electron chi connectivity index (χ1n) is 4.55. The van der Waals surface area contributed by atoms with E-state index in [1.54, 1.807) is 0 Å². The average molecular weight is 151 g/mol. The standard InChI is InChI=1S/C10H17N/c1-3-9(2)11-10-7-5-4-6-8-10/h1,9-11H,4-8H2,2H3. The molecule has 1 aliphatic rings. The van der Waals surface area contributed by atoms with E-state index in [1.807, 2.05) is 0 Å². The van der Waals surface area contributed by atoms with E-state index >= 15 is 0 Å². The first-order chi connectivity index (χ1) is 5.33. The van der Waals surface area contributed by atoms with Gasteiger partial charge in [0.1, 0.15) is 0 Å². The van der Waals surface area contributed by atoms with Crippen molar-refractivity contribution in [2.75, 3.05) is 0 Å². The number of nitrogens with one attached hydrogen (secondary N) is 1. The predicted octanol–water partition coefficient (Wildman–Crippen LogP) is 1.93. The molecule has 1 N–H and O–H groups in total. The lowest BCUT2D eigenvalue weighted by Crippen LogP contribution is -2.36. The van der Waals surface area contributed by atoms with Crippen LogP contribution in [0.5, 0.6) is 0 Å². The van der Waals surface area contributed by atoms with Crippen molar-refractivity contribution >= 4 is 0 Å². The van der Waals surface area contributed by atoms with E-state index in [4.69, 9.17) is 6.42 Å². The van der Waals surface area contributed by atoms with Crippen LogP contribution in [0, 0.1) is 12.3 Å². The normalized spacial score (nSPS) is 22.5. The number of rotatable bonds is 2. The van der Waals surface area contributed by atoms with Crippen molar-refractivity contribution in [2.24, 2.45) is 0 Å². The largest absolute Gasteiger partial charge is 0.301 e. The third-order valence-electron chi connectivity index (χ3n) is 2.34. The van der Waals surface area contributed by atoms with Gasteiger partial charge < -0.3 is 5.32 Å². The van der Waals surface area contributed by atoms with E-state index in [9.17, 15) is 0 Å². The Morgan fingerprint density at radius 1 is 1.36 bits per heavy atom. The second kappa shape index (κ2) is 4.41. The Morgan fingerprint density at radius 3 is 2.55 bits per heavy atom.